The summed E-state index contributed by atoms with van der Waals surface area (Å²) >= 11 is 0. The minimum absolute atomic E-state index is 0. The van der Waals surface area contributed by atoms with Gasteiger partial charge in [0.15, 0.2) is 0 Å². The molecule has 2 amide bonds. The molecule has 5 nitrogen and oxygen atoms in total. The van der Waals surface area contributed by atoms with Crippen molar-refractivity contribution in [1.29, 1.82) is 0 Å². The van der Waals surface area contributed by atoms with Crippen LogP contribution in [0, 0.1) is 5.92 Å². The molecule has 3 fully saturated rings. The van der Waals surface area contributed by atoms with Gasteiger partial charge in [-0.15, -0.1) is 12.4 Å². The van der Waals surface area contributed by atoms with Gasteiger partial charge in [-0.05, 0) is 44.6 Å². The largest absolute Gasteiger partial charge is 0.341 e. The SMILES string of the molecule is Cl.O=C(CC1CCCC1)N1CCCN(C(=O)CC2CCCN2)CC1. The van der Waals surface area contributed by atoms with Crippen LogP contribution in [0.15, 0.2) is 0 Å². The van der Waals surface area contributed by atoms with Crippen LogP contribution >= 0.6 is 12.4 Å². The van der Waals surface area contributed by atoms with E-state index in [1.165, 1.54) is 32.1 Å². The van der Waals surface area contributed by atoms with E-state index in [0.29, 0.717) is 30.8 Å². The lowest BCUT2D eigenvalue weighted by Gasteiger charge is -2.24. The normalized spacial score (nSPS) is 25.4. The summed E-state index contributed by atoms with van der Waals surface area (Å²) in [5, 5.41) is 3.40. The van der Waals surface area contributed by atoms with E-state index >= 15 is 0 Å². The van der Waals surface area contributed by atoms with Gasteiger partial charge in [-0.2, -0.15) is 0 Å². The highest BCUT2D eigenvalue weighted by atomic mass is 35.5. The van der Waals surface area contributed by atoms with Crippen LogP contribution in [-0.2, 0) is 9.59 Å². The molecule has 24 heavy (non-hydrogen) atoms. The lowest BCUT2D eigenvalue weighted by molar-refractivity contribution is -0.134. The van der Waals surface area contributed by atoms with E-state index in [0.717, 1.165) is 45.4 Å². The molecule has 1 aliphatic carbocycles. The highest BCUT2D eigenvalue weighted by Gasteiger charge is 2.26. The Morgan fingerprint density at radius 1 is 0.792 bits per heavy atom. The van der Waals surface area contributed by atoms with Gasteiger partial charge in [0.1, 0.15) is 0 Å². The van der Waals surface area contributed by atoms with E-state index in [4.69, 9.17) is 0 Å². The first-order chi connectivity index (χ1) is 11.2. The number of amides is 2. The molecule has 0 radical (unpaired) electrons. The molecule has 1 saturated carbocycles. The summed E-state index contributed by atoms with van der Waals surface area (Å²) in [5.74, 6) is 1.18. The molecule has 2 aliphatic heterocycles. The Morgan fingerprint density at radius 3 is 2.00 bits per heavy atom. The second-order valence-electron chi connectivity index (χ2n) is 7.47. The number of rotatable bonds is 4. The van der Waals surface area contributed by atoms with E-state index in [9.17, 15) is 9.59 Å². The molecule has 0 aromatic carbocycles. The Kier molecular flexibility index (Phi) is 7.82. The molecule has 1 atom stereocenters. The maximum atomic E-state index is 12.5. The Balaban J connectivity index is 0.00000208. The molecular formula is C18H32ClN3O2. The van der Waals surface area contributed by atoms with E-state index in [-0.39, 0.29) is 18.3 Å². The fourth-order valence-electron chi connectivity index (χ4n) is 4.28. The zero-order valence-electron chi connectivity index (χ0n) is 14.7. The molecule has 3 rings (SSSR count). The Labute approximate surface area is 151 Å². The lowest BCUT2D eigenvalue weighted by atomic mass is 10.0. The lowest BCUT2D eigenvalue weighted by Crippen LogP contribution is -2.39. The summed E-state index contributed by atoms with van der Waals surface area (Å²) in [7, 11) is 0. The Hall–Kier alpha value is -0.810. The second-order valence-corrected chi connectivity index (χ2v) is 7.47. The van der Waals surface area contributed by atoms with Gasteiger partial charge in [-0.3, -0.25) is 9.59 Å². The fraction of sp³-hybridized carbons (Fsp3) is 0.889. The third-order valence-electron chi connectivity index (χ3n) is 5.72. The van der Waals surface area contributed by atoms with E-state index in [2.05, 4.69) is 5.32 Å². The molecule has 2 heterocycles. The van der Waals surface area contributed by atoms with Gasteiger partial charge in [0.25, 0.3) is 0 Å². The molecule has 6 heteroatoms. The van der Waals surface area contributed by atoms with Crippen molar-refractivity contribution >= 4 is 24.2 Å². The van der Waals surface area contributed by atoms with Crippen molar-refractivity contribution in [2.45, 2.75) is 63.8 Å². The maximum absolute atomic E-state index is 12.5. The number of nitrogens with zero attached hydrogens (tertiary/aromatic N) is 2. The molecule has 0 aromatic heterocycles. The van der Waals surface area contributed by atoms with Crippen molar-refractivity contribution < 1.29 is 9.59 Å². The summed E-state index contributed by atoms with van der Waals surface area (Å²) in [4.78, 5) is 28.9. The third kappa shape index (κ3) is 5.35. The fourth-order valence-corrected chi connectivity index (χ4v) is 4.28. The molecule has 0 spiro atoms. The molecule has 0 bridgehead atoms. The Bertz CT molecular complexity index is 382. The maximum Gasteiger partial charge on any atom is 0.224 e. The number of hydrogen-bond acceptors (Lipinski definition) is 3. The van der Waals surface area contributed by atoms with E-state index in [1.54, 1.807) is 0 Å². The third-order valence-corrected chi connectivity index (χ3v) is 5.72. The van der Waals surface area contributed by atoms with Crippen LogP contribution in [0.4, 0.5) is 0 Å². The first-order valence-corrected chi connectivity index (χ1v) is 9.51. The van der Waals surface area contributed by atoms with Gasteiger partial charge < -0.3 is 15.1 Å². The van der Waals surface area contributed by atoms with Crippen molar-refractivity contribution in [2.75, 3.05) is 32.7 Å². The number of halogens is 1. The quantitative estimate of drug-likeness (QED) is 0.839. The molecule has 2 saturated heterocycles. The standard InChI is InChI=1S/C18H31N3O2.ClH/c22-17(13-15-5-1-2-6-15)20-9-4-10-21(12-11-20)18(23)14-16-7-3-8-19-16;/h15-16,19H,1-14H2;1H. The van der Waals surface area contributed by atoms with Crippen LogP contribution in [0.3, 0.4) is 0 Å². The van der Waals surface area contributed by atoms with Gasteiger partial charge in [0.2, 0.25) is 11.8 Å². The van der Waals surface area contributed by atoms with Crippen molar-refractivity contribution in [3.63, 3.8) is 0 Å². The predicted molar refractivity (Wildman–Crippen MR) is 97.2 cm³/mol. The van der Waals surface area contributed by atoms with Crippen molar-refractivity contribution in [1.82, 2.24) is 15.1 Å². The van der Waals surface area contributed by atoms with Gasteiger partial charge in [-0.1, -0.05) is 12.8 Å². The van der Waals surface area contributed by atoms with Crippen molar-refractivity contribution in [3.05, 3.63) is 0 Å². The summed E-state index contributed by atoms with van der Waals surface area (Å²) in [5.41, 5.74) is 0. The van der Waals surface area contributed by atoms with Crippen LogP contribution in [0.1, 0.15) is 57.8 Å². The van der Waals surface area contributed by atoms with Gasteiger partial charge in [-0.25, -0.2) is 0 Å². The summed E-state index contributed by atoms with van der Waals surface area (Å²) in [6, 6.07) is 0.367. The smallest absolute Gasteiger partial charge is 0.224 e. The van der Waals surface area contributed by atoms with Gasteiger partial charge >= 0.3 is 0 Å². The number of carbonyl (C=O) groups is 2. The summed E-state index contributed by atoms with van der Waals surface area (Å²) < 4.78 is 0. The van der Waals surface area contributed by atoms with Gasteiger partial charge in [0, 0.05) is 45.1 Å². The predicted octanol–water partition coefficient (Wildman–Crippen LogP) is 2.19. The minimum atomic E-state index is 0. The van der Waals surface area contributed by atoms with E-state index in [1.807, 2.05) is 9.80 Å². The Morgan fingerprint density at radius 2 is 1.42 bits per heavy atom. The monoisotopic (exact) mass is 357 g/mol. The van der Waals surface area contributed by atoms with Crippen LogP contribution in [0.2, 0.25) is 0 Å². The van der Waals surface area contributed by atoms with Crippen molar-refractivity contribution in [2.24, 2.45) is 5.92 Å². The summed E-state index contributed by atoms with van der Waals surface area (Å²) in [6.07, 6.45) is 9.57. The van der Waals surface area contributed by atoms with Crippen LogP contribution in [-0.4, -0.2) is 60.4 Å². The molecule has 3 aliphatic rings. The molecular weight excluding hydrogens is 326 g/mol. The first-order valence-electron chi connectivity index (χ1n) is 9.51. The van der Waals surface area contributed by atoms with Crippen molar-refractivity contribution in [3.8, 4) is 0 Å². The first kappa shape index (κ1) is 19.5. The van der Waals surface area contributed by atoms with Gasteiger partial charge in [0.05, 0.1) is 0 Å². The highest BCUT2D eigenvalue weighted by molar-refractivity contribution is 5.85. The number of hydrogen-bond donors (Lipinski definition) is 1. The highest BCUT2D eigenvalue weighted by Crippen LogP contribution is 2.28. The van der Waals surface area contributed by atoms with Crippen LogP contribution in [0.5, 0.6) is 0 Å². The molecule has 138 valence electrons. The zero-order chi connectivity index (χ0) is 16.1. The molecule has 1 unspecified atom stereocenters. The average molecular weight is 358 g/mol. The topological polar surface area (TPSA) is 52.7 Å². The zero-order valence-corrected chi connectivity index (χ0v) is 15.5. The average Bonchev–Trinajstić information content (AvgIpc) is 3.17. The minimum Gasteiger partial charge on any atom is -0.341 e. The van der Waals surface area contributed by atoms with Crippen LogP contribution < -0.4 is 5.32 Å². The second kappa shape index (κ2) is 9.62. The number of nitrogens with one attached hydrogen (secondary N) is 1. The van der Waals surface area contributed by atoms with E-state index < -0.39 is 0 Å². The molecule has 1 N–H and O–H groups in total. The van der Waals surface area contributed by atoms with Crippen LogP contribution in [0.25, 0.3) is 0 Å². The summed E-state index contributed by atoms with van der Waals surface area (Å²) in [6.45, 7) is 4.09. The number of carbonyl (C=O) groups excluding carboxylic acids is 2. The molecule has 0 aromatic rings.